The average molecular weight is 224 g/mol. The lowest BCUT2D eigenvalue weighted by Crippen LogP contribution is -2.42. The van der Waals surface area contributed by atoms with E-state index in [-0.39, 0.29) is 0 Å². The van der Waals surface area contributed by atoms with E-state index < -0.39 is 0 Å². The highest BCUT2D eigenvalue weighted by molar-refractivity contribution is 4.85. The molecule has 0 aromatic rings. The van der Waals surface area contributed by atoms with Gasteiger partial charge in [-0.2, -0.15) is 0 Å². The van der Waals surface area contributed by atoms with Gasteiger partial charge in [0.2, 0.25) is 0 Å². The molecule has 94 valence electrons. The summed E-state index contributed by atoms with van der Waals surface area (Å²) in [6.45, 7) is 7.33. The normalized spacial score (nSPS) is 32.1. The third-order valence-corrected chi connectivity index (χ3v) is 4.65. The molecule has 1 aliphatic heterocycles. The number of nitrogens with one attached hydrogen (secondary N) is 1. The number of likely N-dealkylation sites (tertiary alicyclic amines) is 1. The van der Waals surface area contributed by atoms with Crippen molar-refractivity contribution in [3.8, 4) is 0 Å². The predicted octanol–water partition coefficient (Wildman–Crippen LogP) is 2.64. The highest BCUT2D eigenvalue weighted by Crippen LogP contribution is 2.35. The average Bonchev–Trinajstić information content (AvgIpc) is 2.63. The van der Waals surface area contributed by atoms with Crippen molar-refractivity contribution in [3.05, 3.63) is 0 Å². The number of rotatable bonds is 3. The van der Waals surface area contributed by atoms with Gasteiger partial charge in [0.25, 0.3) is 0 Å². The Morgan fingerprint density at radius 1 is 1.19 bits per heavy atom. The second-order valence-electron chi connectivity index (χ2n) is 6.62. The van der Waals surface area contributed by atoms with Crippen molar-refractivity contribution in [2.45, 2.75) is 64.5 Å². The largest absolute Gasteiger partial charge is 0.312 e. The van der Waals surface area contributed by atoms with Gasteiger partial charge in [0.15, 0.2) is 0 Å². The number of hydrogen-bond donors (Lipinski definition) is 1. The molecule has 1 atom stereocenters. The van der Waals surface area contributed by atoms with Gasteiger partial charge >= 0.3 is 0 Å². The fourth-order valence-electron chi connectivity index (χ4n) is 3.14. The van der Waals surface area contributed by atoms with Gasteiger partial charge in [-0.15, -0.1) is 0 Å². The van der Waals surface area contributed by atoms with Crippen molar-refractivity contribution in [1.29, 1.82) is 0 Å². The zero-order valence-electron chi connectivity index (χ0n) is 11.3. The van der Waals surface area contributed by atoms with E-state index in [2.05, 4.69) is 31.1 Å². The second kappa shape index (κ2) is 5.05. The monoisotopic (exact) mass is 224 g/mol. The lowest BCUT2D eigenvalue weighted by atomic mass is 9.75. The SMILES string of the molecule is CN1CCCC1CNC1CCC(C)(C)CC1. The van der Waals surface area contributed by atoms with E-state index in [9.17, 15) is 0 Å². The third kappa shape index (κ3) is 3.21. The van der Waals surface area contributed by atoms with Crippen LogP contribution >= 0.6 is 0 Å². The molecule has 1 unspecified atom stereocenters. The molecule has 0 radical (unpaired) electrons. The van der Waals surface area contributed by atoms with E-state index in [1.54, 1.807) is 0 Å². The van der Waals surface area contributed by atoms with Gasteiger partial charge in [-0.05, 0) is 57.5 Å². The minimum atomic E-state index is 0.600. The number of nitrogens with zero attached hydrogens (tertiary/aromatic N) is 1. The molecular weight excluding hydrogens is 196 g/mol. The van der Waals surface area contributed by atoms with Crippen LogP contribution in [0.5, 0.6) is 0 Å². The summed E-state index contributed by atoms with van der Waals surface area (Å²) >= 11 is 0. The summed E-state index contributed by atoms with van der Waals surface area (Å²) in [4.78, 5) is 2.51. The maximum Gasteiger partial charge on any atom is 0.0218 e. The molecule has 0 bridgehead atoms. The highest BCUT2D eigenvalue weighted by atomic mass is 15.2. The summed E-state index contributed by atoms with van der Waals surface area (Å²) in [5.74, 6) is 0. The van der Waals surface area contributed by atoms with Crippen LogP contribution in [0.15, 0.2) is 0 Å². The molecule has 16 heavy (non-hydrogen) atoms. The number of likely N-dealkylation sites (N-methyl/N-ethyl adjacent to an activating group) is 1. The van der Waals surface area contributed by atoms with Crippen molar-refractivity contribution in [2.75, 3.05) is 20.1 Å². The van der Waals surface area contributed by atoms with Crippen LogP contribution in [0.1, 0.15) is 52.4 Å². The van der Waals surface area contributed by atoms with Gasteiger partial charge in [0, 0.05) is 18.6 Å². The van der Waals surface area contributed by atoms with E-state index in [1.165, 1.54) is 51.6 Å². The van der Waals surface area contributed by atoms with Crippen LogP contribution in [0.4, 0.5) is 0 Å². The van der Waals surface area contributed by atoms with Gasteiger partial charge in [-0.1, -0.05) is 13.8 Å². The van der Waals surface area contributed by atoms with Crippen LogP contribution in [0.2, 0.25) is 0 Å². The first-order valence-corrected chi connectivity index (χ1v) is 7.00. The van der Waals surface area contributed by atoms with Gasteiger partial charge in [-0.3, -0.25) is 0 Å². The van der Waals surface area contributed by atoms with Crippen molar-refractivity contribution in [2.24, 2.45) is 5.41 Å². The van der Waals surface area contributed by atoms with Crippen LogP contribution in [0, 0.1) is 5.41 Å². The Hall–Kier alpha value is -0.0800. The smallest absolute Gasteiger partial charge is 0.0218 e. The van der Waals surface area contributed by atoms with E-state index in [0.717, 1.165) is 12.1 Å². The molecule has 0 aromatic carbocycles. The van der Waals surface area contributed by atoms with Crippen LogP contribution in [-0.2, 0) is 0 Å². The van der Waals surface area contributed by atoms with E-state index in [1.807, 2.05) is 0 Å². The molecule has 2 aliphatic rings. The van der Waals surface area contributed by atoms with Crippen molar-refractivity contribution in [1.82, 2.24) is 10.2 Å². The zero-order chi connectivity index (χ0) is 11.6. The summed E-state index contributed by atoms with van der Waals surface area (Å²) < 4.78 is 0. The molecule has 0 amide bonds. The zero-order valence-corrected chi connectivity index (χ0v) is 11.3. The molecule has 2 heteroatoms. The quantitative estimate of drug-likeness (QED) is 0.793. The standard InChI is InChI=1S/C14H28N2/c1-14(2)8-6-12(7-9-14)15-11-13-5-4-10-16(13)3/h12-13,15H,4-11H2,1-3H3. The molecule has 1 heterocycles. The minimum Gasteiger partial charge on any atom is -0.312 e. The third-order valence-electron chi connectivity index (χ3n) is 4.65. The predicted molar refractivity (Wildman–Crippen MR) is 69.7 cm³/mol. The number of hydrogen-bond acceptors (Lipinski definition) is 2. The first kappa shape index (κ1) is 12.4. The maximum absolute atomic E-state index is 3.79. The summed E-state index contributed by atoms with van der Waals surface area (Å²) in [5, 5.41) is 3.79. The van der Waals surface area contributed by atoms with Crippen LogP contribution in [0.3, 0.4) is 0 Å². The Morgan fingerprint density at radius 3 is 2.44 bits per heavy atom. The molecule has 2 rings (SSSR count). The summed E-state index contributed by atoms with van der Waals surface area (Å²) in [7, 11) is 2.27. The molecule has 2 fully saturated rings. The molecule has 2 nitrogen and oxygen atoms in total. The van der Waals surface area contributed by atoms with Crippen LogP contribution in [0.25, 0.3) is 0 Å². The Morgan fingerprint density at radius 2 is 1.88 bits per heavy atom. The van der Waals surface area contributed by atoms with Crippen LogP contribution < -0.4 is 5.32 Å². The van der Waals surface area contributed by atoms with E-state index in [0.29, 0.717) is 5.41 Å². The highest BCUT2D eigenvalue weighted by Gasteiger charge is 2.27. The van der Waals surface area contributed by atoms with Crippen molar-refractivity contribution < 1.29 is 0 Å². The molecule has 0 aromatic heterocycles. The fraction of sp³-hybridized carbons (Fsp3) is 1.00. The Labute approximate surface area is 101 Å². The molecule has 1 saturated heterocycles. The minimum absolute atomic E-state index is 0.600. The summed E-state index contributed by atoms with van der Waals surface area (Å²) in [6, 6.07) is 1.59. The Bertz CT molecular complexity index is 215. The van der Waals surface area contributed by atoms with Crippen LogP contribution in [-0.4, -0.2) is 37.1 Å². The summed E-state index contributed by atoms with van der Waals surface area (Å²) in [6.07, 6.45) is 8.32. The van der Waals surface area contributed by atoms with Crippen molar-refractivity contribution >= 4 is 0 Å². The lowest BCUT2D eigenvalue weighted by molar-refractivity contribution is 0.197. The molecule has 1 N–H and O–H groups in total. The Kier molecular flexibility index (Phi) is 3.91. The van der Waals surface area contributed by atoms with E-state index >= 15 is 0 Å². The topological polar surface area (TPSA) is 15.3 Å². The van der Waals surface area contributed by atoms with Gasteiger partial charge in [0.05, 0.1) is 0 Å². The fourth-order valence-corrected chi connectivity index (χ4v) is 3.14. The second-order valence-corrected chi connectivity index (χ2v) is 6.62. The molecule has 0 spiro atoms. The Balaban J connectivity index is 1.67. The van der Waals surface area contributed by atoms with E-state index in [4.69, 9.17) is 0 Å². The van der Waals surface area contributed by atoms with Gasteiger partial charge in [0.1, 0.15) is 0 Å². The lowest BCUT2D eigenvalue weighted by Gasteiger charge is -2.35. The summed E-state index contributed by atoms with van der Waals surface area (Å²) in [5.41, 5.74) is 0.600. The maximum atomic E-state index is 3.79. The molecule has 1 saturated carbocycles. The van der Waals surface area contributed by atoms with Crippen molar-refractivity contribution in [3.63, 3.8) is 0 Å². The van der Waals surface area contributed by atoms with Gasteiger partial charge in [-0.25, -0.2) is 0 Å². The first-order chi connectivity index (χ1) is 7.57. The van der Waals surface area contributed by atoms with Gasteiger partial charge < -0.3 is 10.2 Å². The molecule has 1 aliphatic carbocycles. The molecular formula is C14H28N2. The first-order valence-electron chi connectivity index (χ1n) is 7.00.